The molecule has 0 unspecified atom stereocenters. The van der Waals surface area contributed by atoms with Gasteiger partial charge in [-0.25, -0.2) is 0 Å². The molecule has 2 heteroatoms. The molecule has 18 heavy (non-hydrogen) atoms. The Morgan fingerprint density at radius 3 is 2.50 bits per heavy atom. The van der Waals surface area contributed by atoms with Crippen molar-refractivity contribution in [1.82, 2.24) is 10.2 Å². The summed E-state index contributed by atoms with van der Waals surface area (Å²) < 4.78 is 0. The van der Waals surface area contributed by atoms with Gasteiger partial charge >= 0.3 is 0 Å². The fourth-order valence-electron chi connectivity index (χ4n) is 2.04. The Balaban J connectivity index is 1.97. The van der Waals surface area contributed by atoms with Crippen LogP contribution in [-0.4, -0.2) is 38.1 Å². The fraction of sp³-hybridized carbons (Fsp3) is 0.625. The summed E-state index contributed by atoms with van der Waals surface area (Å²) in [5, 5.41) is 3.44. The van der Waals surface area contributed by atoms with E-state index in [1.807, 2.05) is 0 Å². The molecule has 1 N–H and O–H groups in total. The lowest BCUT2D eigenvalue weighted by Crippen LogP contribution is -2.30. The Kier molecular flexibility index (Phi) is 8.53. The van der Waals surface area contributed by atoms with Crippen LogP contribution in [0.3, 0.4) is 0 Å². The zero-order valence-corrected chi connectivity index (χ0v) is 12.0. The minimum Gasteiger partial charge on any atom is -0.315 e. The molecule has 0 saturated heterocycles. The Morgan fingerprint density at radius 2 is 1.78 bits per heavy atom. The van der Waals surface area contributed by atoms with Gasteiger partial charge in [-0.15, -0.1) is 0 Å². The predicted octanol–water partition coefficient (Wildman–Crippen LogP) is 2.94. The van der Waals surface area contributed by atoms with E-state index in [0.29, 0.717) is 0 Å². The molecule has 1 aromatic carbocycles. The van der Waals surface area contributed by atoms with Gasteiger partial charge in [-0.05, 0) is 51.4 Å². The van der Waals surface area contributed by atoms with Gasteiger partial charge in [0.1, 0.15) is 0 Å². The van der Waals surface area contributed by atoms with Crippen LogP contribution in [-0.2, 0) is 6.42 Å². The average Bonchev–Trinajstić information content (AvgIpc) is 2.41. The second-order valence-electron chi connectivity index (χ2n) is 5.00. The molecule has 1 rings (SSSR count). The summed E-state index contributed by atoms with van der Waals surface area (Å²) in [6.07, 6.45) is 5.01. The number of aryl methyl sites for hydroxylation is 1. The second kappa shape index (κ2) is 10.1. The molecule has 0 aliphatic heterocycles. The second-order valence-corrected chi connectivity index (χ2v) is 5.00. The van der Waals surface area contributed by atoms with Gasteiger partial charge in [0.05, 0.1) is 0 Å². The van der Waals surface area contributed by atoms with Gasteiger partial charge in [-0.1, -0.05) is 37.3 Å². The highest BCUT2D eigenvalue weighted by molar-refractivity contribution is 5.14. The molecule has 1 aromatic rings. The largest absolute Gasteiger partial charge is 0.315 e. The third-order valence-corrected chi connectivity index (χ3v) is 3.20. The van der Waals surface area contributed by atoms with E-state index in [0.717, 1.165) is 19.6 Å². The van der Waals surface area contributed by atoms with Crippen LogP contribution in [0.2, 0.25) is 0 Å². The predicted molar refractivity (Wildman–Crippen MR) is 80.0 cm³/mol. The molecule has 0 atom stereocenters. The fourth-order valence-corrected chi connectivity index (χ4v) is 2.04. The lowest BCUT2D eigenvalue weighted by molar-refractivity contribution is 0.324. The number of likely N-dealkylation sites (N-methyl/N-ethyl adjacent to an activating group) is 1. The van der Waals surface area contributed by atoms with Gasteiger partial charge in [0.15, 0.2) is 0 Å². The molecular formula is C16H28N2. The number of benzene rings is 1. The van der Waals surface area contributed by atoms with E-state index in [9.17, 15) is 0 Å². The van der Waals surface area contributed by atoms with Crippen molar-refractivity contribution in [3.63, 3.8) is 0 Å². The van der Waals surface area contributed by atoms with Crippen molar-refractivity contribution >= 4 is 0 Å². The summed E-state index contributed by atoms with van der Waals surface area (Å²) in [5.41, 5.74) is 1.46. The van der Waals surface area contributed by atoms with Crippen molar-refractivity contribution < 1.29 is 0 Å². The Labute approximate surface area is 112 Å². The van der Waals surface area contributed by atoms with Crippen LogP contribution in [0.15, 0.2) is 30.3 Å². The lowest BCUT2D eigenvalue weighted by atomic mass is 10.1. The minimum absolute atomic E-state index is 1.11. The Bertz CT molecular complexity index is 284. The third kappa shape index (κ3) is 7.46. The Morgan fingerprint density at radius 1 is 1.00 bits per heavy atom. The first-order valence-corrected chi connectivity index (χ1v) is 7.26. The summed E-state index contributed by atoms with van der Waals surface area (Å²) in [7, 11) is 2.22. The SMILES string of the molecule is CCCNCCN(C)CCCCc1ccccc1. The van der Waals surface area contributed by atoms with Crippen LogP contribution < -0.4 is 5.32 Å². The summed E-state index contributed by atoms with van der Waals surface area (Å²) in [6, 6.07) is 10.8. The van der Waals surface area contributed by atoms with Crippen molar-refractivity contribution in [2.75, 3.05) is 33.2 Å². The lowest BCUT2D eigenvalue weighted by Gasteiger charge is -2.16. The van der Waals surface area contributed by atoms with E-state index in [-0.39, 0.29) is 0 Å². The van der Waals surface area contributed by atoms with E-state index < -0.39 is 0 Å². The van der Waals surface area contributed by atoms with E-state index in [1.54, 1.807) is 0 Å². The zero-order valence-electron chi connectivity index (χ0n) is 12.0. The van der Waals surface area contributed by atoms with Crippen LogP contribution in [0, 0.1) is 0 Å². The van der Waals surface area contributed by atoms with Crippen LogP contribution in [0.25, 0.3) is 0 Å². The minimum atomic E-state index is 1.11. The zero-order chi connectivity index (χ0) is 13.1. The summed E-state index contributed by atoms with van der Waals surface area (Å²) in [4.78, 5) is 2.42. The summed E-state index contributed by atoms with van der Waals surface area (Å²) in [5.74, 6) is 0. The molecule has 0 bridgehead atoms. The van der Waals surface area contributed by atoms with Crippen LogP contribution in [0.5, 0.6) is 0 Å². The van der Waals surface area contributed by atoms with E-state index in [1.165, 1.54) is 37.8 Å². The van der Waals surface area contributed by atoms with E-state index in [2.05, 4.69) is 54.5 Å². The molecule has 0 amide bonds. The topological polar surface area (TPSA) is 15.3 Å². The molecular weight excluding hydrogens is 220 g/mol. The molecule has 0 heterocycles. The van der Waals surface area contributed by atoms with Crippen molar-refractivity contribution in [3.8, 4) is 0 Å². The molecule has 102 valence electrons. The highest BCUT2D eigenvalue weighted by Gasteiger charge is 1.98. The quantitative estimate of drug-likeness (QED) is 0.640. The third-order valence-electron chi connectivity index (χ3n) is 3.20. The van der Waals surface area contributed by atoms with E-state index >= 15 is 0 Å². The van der Waals surface area contributed by atoms with Gasteiger partial charge in [0.25, 0.3) is 0 Å². The van der Waals surface area contributed by atoms with Gasteiger partial charge in [-0.2, -0.15) is 0 Å². The standard InChI is InChI=1S/C16H28N2/c1-3-12-17-13-15-18(2)14-8-7-11-16-9-5-4-6-10-16/h4-6,9-10,17H,3,7-8,11-15H2,1-2H3. The highest BCUT2D eigenvalue weighted by Crippen LogP contribution is 2.04. The van der Waals surface area contributed by atoms with Crippen molar-refractivity contribution in [2.24, 2.45) is 0 Å². The number of rotatable bonds is 10. The van der Waals surface area contributed by atoms with Gasteiger partial charge < -0.3 is 10.2 Å². The maximum Gasteiger partial charge on any atom is 0.0104 e. The Hall–Kier alpha value is -0.860. The average molecular weight is 248 g/mol. The number of nitrogens with one attached hydrogen (secondary N) is 1. The van der Waals surface area contributed by atoms with Crippen LogP contribution >= 0.6 is 0 Å². The molecule has 0 fully saturated rings. The van der Waals surface area contributed by atoms with Crippen molar-refractivity contribution in [3.05, 3.63) is 35.9 Å². The number of hydrogen-bond acceptors (Lipinski definition) is 2. The number of hydrogen-bond donors (Lipinski definition) is 1. The molecule has 0 spiro atoms. The summed E-state index contributed by atoms with van der Waals surface area (Å²) in [6.45, 7) is 6.83. The molecule has 0 aromatic heterocycles. The normalized spacial score (nSPS) is 11.1. The first-order chi connectivity index (χ1) is 8.83. The van der Waals surface area contributed by atoms with Gasteiger partial charge in [0.2, 0.25) is 0 Å². The molecule has 0 aliphatic carbocycles. The van der Waals surface area contributed by atoms with Crippen LogP contribution in [0.1, 0.15) is 31.7 Å². The molecule has 0 saturated carbocycles. The maximum atomic E-state index is 3.44. The molecule has 2 nitrogen and oxygen atoms in total. The van der Waals surface area contributed by atoms with Gasteiger partial charge in [0, 0.05) is 13.1 Å². The molecule has 0 aliphatic rings. The van der Waals surface area contributed by atoms with Crippen molar-refractivity contribution in [1.29, 1.82) is 0 Å². The van der Waals surface area contributed by atoms with Crippen molar-refractivity contribution in [2.45, 2.75) is 32.6 Å². The van der Waals surface area contributed by atoms with Gasteiger partial charge in [-0.3, -0.25) is 0 Å². The monoisotopic (exact) mass is 248 g/mol. The number of nitrogens with zero attached hydrogens (tertiary/aromatic N) is 1. The first kappa shape index (κ1) is 15.2. The van der Waals surface area contributed by atoms with Crippen LogP contribution in [0.4, 0.5) is 0 Å². The highest BCUT2D eigenvalue weighted by atomic mass is 15.1. The number of unbranched alkanes of at least 4 members (excludes halogenated alkanes) is 1. The maximum absolute atomic E-state index is 3.44. The first-order valence-electron chi connectivity index (χ1n) is 7.26. The smallest absolute Gasteiger partial charge is 0.0104 e. The summed E-state index contributed by atoms with van der Waals surface area (Å²) >= 11 is 0. The molecule has 0 radical (unpaired) electrons. The van der Waals surface area contributed by atoms with E-state index in [4.69, 9.17) is 0 Å².